The molecule has 2 aromatic rings. The Labute approximate surface area is 180 Å². The molecule has 1 amide bonds. The van der Waals surface area contributed by atoms with Gasteiger partial charge in [-0.2, -0.15) is 0 Å². The van der Waals surface area contributed by atoms with Gasteiger partial charge in [0.05, 0.1) is 11.5 Å². The first kappa shape index (κ1) is 22.3. The van der Waals surface area contributed by atoms with Gasteiger partial charge in [0.15, 0.2) is 5.76 Å². The normalized spacial score (nSPS) is 15.1. The molecule has 162 valence electrons. The molecule has 8 nitrogen and oxygen atoms in total. The summed E-state index contributed by atoms with van der Waals surface area (Å²) in [5, 5.41) is 13.3. The fourth-order valence-corrected chi connectivity index (χ4v) is 4.51. The van der Waals surface area contributed by atoms with Gasteiger partial charge in [0.1, 0.15) is 5.70 Å². The average molecular weight is 442 g/mol. The molecule has 1 aliphatic rings. The number of hydrogen-bond acceptors (Lipinski definition) is 6. The Morgan fingerprint density at radius 2 is 1.90 bits per heavy atom. The molecule has 0 spiro atoms. The van der Waals surface area contributed by atoms with E-state index in [1.807, 2.05) is 0 Å². The van der Waals surface area contributed by atoms with E-state index >= 15 is 0 Å². The number of carbonyl (C=O) groups excluding carboxylic acids is 2. The van der Waals surface area contributed by atoms with Crippen molar-refractivity contribution in [2.75, 3.05) is 27.3 Å². The van der Waals surface area contributed by atoms with E-state index in [2.05, 4.69) is 5.32 Å². The molecule has 3 rings (SSSR count). The minimum atomic E-state index is -3.96. The number of ketones is 1. The standard InChI is InChI=1S/C22H22N2O6S/c1-24-20(21(26)17-8-3-4-9-19(17)31(24,28)29)18(25)11-10-15-6-5-7-16(14-15)22(27)23-12-13-30-2/h3-11,14,26H,12-13H2,1-2H3,(H,23,27)/b11-10+. The molecule has 2 N–H and O–H groups in total. The van der Waals surface area contributed by atoms with Crippen LogP contribution in [0.25, 0.3) is 11.8 Å². The van der Waals surface area contributed by atoms with Crippen LogP contribution in [0.2, 0.25) is 0 Å². The number of aliphatic hydroxyl groups excluding tert-OH is 1. The molecule has 0 aliphatic carbocycles. The van der Waals surface area contributed by atoms with E-state index in [0.29, 0.717) is 24.3 Å². The number of ether oxygens (including phenoxy) is 1. The van der Waals surface area contributed by atoms with Crippen molar-refractivity contribution >= 4 is 33.5 Å². The number of nitrogens with one attached hydrogen (secondary N) is 1. The van der Waals surface area contributed by atoms with Crippen LogP contribution in [0, 0.1) is 0 Å². The number of amides is 1. The molecule has 9 heteroatoms. The molecule has 0 unspecified atom stereocenters. The van der Waals surface area contributed by atoms with E-state index in [9.17, 15) is 23.1 Å². The molecule has 0 bridgehead atoms. The molecule has 1 heterocycles. The third-order valence-electron chi connectivity index (χ3n) is 4.72. The molecule has 1 aliphatic heterocycles. The van der Waals surface area contributed by atoms with Crippen LogP contribution in [-0.4, -0.2) is 56.8 Å². The van der Waals surface area contributed by atoms with Crippen molar-refractivity contribution in [2.45, 2.75) is 4.90 Å². The highest BCUT2D eigenvalue weighted by Crippen LogP contribution is 2.34. The predicted molar refractivity (Wildman–Crippen MR) is 116 cm³/mol. The Kier molecular flexibility index (Phi) is 6.57. The lowest BCUT2D eigenvalue weighted by Gasteiger charge is -2.27. The van der Waals surface area contributed by atoms with Crippen LogP contribution in [0.15, 0.2) is 65.2 Å². The highest BCUT2D eigenvalue weighted by atomic mass is 32.2. The molecule has 0 aromatic heterocycles. The van der Waals surface area contributed by atoms with E-state index in [1.54, 1.807) is 36.4 Å². The van der Waals surface area contributed by atoms with E-state index < -0.39 is 21.6 Å². The highest BCUT2D eigenvalue weighted by Gasteiger charge is 2.36. The third kappa shape index (κ3) is 4.52. The fourth-order valence-electron chi connectivity index (χ4n) is 3.11. The summed E-state index contributed by atoms with van der Waals surface area (Å²) in [7, 11) is -1.21. The fraction of sp³-hybridized carbons (Fsp3) is 0.182. The Morgan fingerprint density at radius 1 is 1.16 bits per heavy atom. The van der Waals surface area contributed by atoms with Gasteiger partial charge in [-0.25, -0.2) is 8.42 Å². The van der Waals surface area contributed by atoms with Gasteiger partial charge in [-0.15, -0.1) is 0 Å². The third-order valence-corrected chi connectivity index (χ3v) is 6.54. The number of nitrogens with zero attached hydrogens (tertiary/aromatic N) is 1. The maximum Gasteiger partial charge on any atom is 0.265 e. The summed E-state index contributed by atoms with van der Waals surface area (Å²) < 4.78 is 31.1. The lowest BCUT2D eigenvalue weighted by atomic mass is 10.1. The van der Waals surface area contributed by atoms with Crippen molar-refractivity contribution in [3.8, 4) is 0 Å². The van der Waals surface area contributed by atoms with Gasteiger partial charge in [0.2, 0.25) is 5.78 Å². The number of methoxy groups -OCH3 is 1. The Hall–Kier alpha value is -3.43. The minimum absolute atomic E-state index is 0.0669. The van der Waals surface area contributed by atoms with Gasteiger partial charge in [-0.3, -0.25) is 13.9 Å². The van der Waals surface area contributed by atoms with Crippen LogP contribution in [0.4, 0.5) is 0 Å². The molecule has 0 saturated carbocycles. The second kappa shape index (κ2) is 9.15. The van der Waals surface area contributed by atoms with Crippen LogP contribution in [0.3, 0.4) is 0 Å². The average Bonchev–Trinajstić information content (AvgIpc) is 2.77. The summed E-state index contributed by atoms with van der Waals surface area (Å²) in [5.74, 6) is -1.38. The summed E-state index contributed by atoms with van der Waals surface area (Å²) in [6.45, 7) is 0.752. The second-order valence-corrected chi connectivity index (χ2v) is 8.68. The quantitative estimate of drug-likeness (QED) is 0.502. The SMILES string of the molecule is COCCNC(=O)c1cccc(/C=C/C(=O)C2=C(O)c3ccccc3S(=O)(=O)N2C)c1. The van der Waals surface area contributed by atoms with Crippen LogP contribution < -0.4 is 5.32 Å². The van der Waals surface area contributed by atoms with Crippen molar-refractivity contribution in [1.29, 1.82) is 0 Å². The summed E-state index contributed by atoms with van der Waals surface area (Å²) in [6.07, 6.45) is 2.61. The Morgan fingerprint density at radius 3 is 2.65 bits per heavy atom. The summed E-state index contributed by atoms with van der Waals surface area (Å²) in [5.41, 5.74) is 0.698. The molecule has 2 aromatic carbocycles. The topological polar surface area (TPSA) is 113 Å². The number of hydrogen-bond donors (Lipinski definition) is 2. The van der Waals surface area contributed by atoms with Gasteiger partial charge in [0.25, 0.3) is 15.9 Å². The minimum Gasteiger partial charge on any atom is -0.505 e. The highest BCUT2D eigenvalue weighted by molar-refractivity contribution is 7.89. The Bertz CT molecular complexity index is 1180. The largest absolute Gasteiger partial charge is 0.505 e. The molecule has 0 saturated heterocycles. The predicted octanol–water partition coefficient (Wildman–Crippen LogP) is 2.21. The summed E-state index contributed by atoms with van der Waals surface area (Å²) >= 11 is 0. The van der Waals surface area contributed by atoms with Crippen LogP contribution in [0.1, 0.15) is 21.5 Å². The maximum absolute atomic E-state index is 12.8. The van der Waals surface area contributed by atoms with Gasteiger partial charge >= 0.3 is 0 Å². The van der Waals surface area contributed by atoms with E-state index in [4.69, 9.17) is 4.74 Å². The van der Waals surface area contributed by atoms with E-state index in [0.717, 1.165) is 10.4 Å². The van der Waals surface area contributed by atoms with Crippen molar-refractivity contribution in [3.63, 3.8) is 0 Å². The first-order valence-electron chi connectivity index (χ1n) is 9.38. The number of fused-ring (bicyclic) bond motifs is 1. The van der Waals surface area contributed by atoms with Crippen molar-refractivity contribution in [3.05, 3.63) is 77.0 Å². The van der Waals surface area contributed by atoms with Crippen molar-refractivity contribution < 1.29 is 27.9 Å². The number of sulfonamides is 1. The lowest BCUT2D eigenvalue weighted by molar-refractivity contribution is -0.112. The second-order valence-electron chi connectivity index (χ2n) is 6.74. The lowest BCUT2D eigenvalue weighted by Crippen LogP contribution is -2.34. The number of aliphatic hydroxyl groups is 1. The van der Waals surface area contributed by atoms with Crippen molar-refractivity contribution in [2.24, 2.45) is 0 Å². The molecule has 0 atom stereocenters. The number of allylic oxidation sites excluding steroid dienone is 1. The zero-order valence-electron chi connectivity index (χ0n) is 17.0. The van der Waals surface area contributed by atoms with Crippen LogP contribution in [0.5, 0.6) is 0 Å². The summed E-state index contributed by atoms with van der Waals surface area (Å²) in [6, 6.07) is 12.5. The van der Waals surface area contributed by atoms with Gasteiger partial charge in [0, 0.05) is 31.8 Å². The number of carbonyl (C=O) groups is 2. The molecular weight excluding hydrogens is 420 g/mol. The number of rotatable bonds is 7. The first-order valence-corrected chi connectivity index (χ1v) is 10.8. The van der Waals surface area contributed by atoms with Gasteiger partial charge in [-0.1, -0.05) is 30.3 Å². The van der Waals surface area contributed by atoms with E-state index in [-0.39, 0.29) is 22.1 Å². The molecule has 31 heavy (non-hydrogen) atoms. The van der Waals surface area contributed by atoms with Crippen LogP contribution in [-0.2, 0) is 19.6 Å². The monoisotopic (exact) mass is 442 g/mol. The number of likely N-dealkylation sites (N-methyl/N-ethyl adjacent to an activating group) is 1. The van der Waals surface area contributed by atoms with Crippen LogP contribution >= 0.6 is 0 Å². The zero-order valence-corrected chi connectivity index (χ0v) is 17.8. The molecule has 0 radical (unpaired) electrons. The van der Waals surface area contributed by atoms with Gasteiger partial charge in [-0.05, 0) is 35.9 Å². The molecule has 0 fully saturated rings. The number of benzene rings is 2. The smallest absolute Gasteiger partial charge is 0.265 e. The summed E-state index contributed by atoms with van der Waals surface area (Å²) in [4.78, 5) is 24.9. The first-order chi connectivity index (χ1) is 14.8. The molecular formula is C22H22N2O6S. The van der Waals surface area contributed by atoms with Crippen molar-refractivity contribution in [1.82, 2.24) is 9.62 Å². The van der Waals surface area contributed by atoms with Gasteiger partial charge < -0.3 is 15.2 Å². The zero-order chi connectivity index (χ0) is 22.6. The van der Waals surface area contributed by atoms with E-state index in [1.165, 1.54) is 32.4 Å². The Balaban J connectivity index is 1.86. The maximum atomic E-state index is 12.8.